The number of hydrogen-bond acceptors (Lipinski definition) is 10. The van der Waals surface area contributed by atoms with E-state index in [1.165, 1.54) is 7.11 Å². The maximum absolute atomic E-state index is 11.1. The molecule has 3 rings (SSSR count). The Morgan fingerprint density at radius 2 is 1.88 bits per heavy atom. The molecule has 0 radical (unpaired) electrons. The first kappa shape index (κ1) is 23.1. The normalized spacial score (nSPS) is 11.8. The number of aryl methyl sites for hydroxylation is 3. The van der Waals surface area contributed by atoms with Gasteiger partial charge in [-0.15, -0.1) is 0 Å². The number of nitrogens with zero attached hydrogens (tertiary/aromatic N) is 4. The fourth-order valence-corrected chi connectivity index (χ4v) is 3.02. The number of ether oxygens (including phenoxy) is 2. The van der Waals surface area contributed by atoms with E-state index in [0.29, 0.717) is 23.0 Å². The highest BCUT2D eigenvalue weighted by molar-refractivity contribution is 5.76. The van der Waals surface area contributed by atoms with Gasteiger partial charge in [0.2, 0.25) is 11.7 Å². The number of hydrogen-bond donors (Lipinski definition) is 3. The van der Waals surface area contributed by atoms with Crippen LogP contribution in [-0.2, 0) is 4.79 Å². The van der Waals surface area contributed by atoms with E-state index in [1.807, 2.05) is 32.9 Å². The molecule has 0 aliphatic heterocycles. The highest BCUT2D eigenvalue weighted by atomic mass is 16.5. The molecular weight excluding hydrogens is 418 g/mol. The van der Waals surface area contributed by atoms with Crippen LogP contribution in [-0.4, -0.2) is 69.2 Å². The Bertz CT molecular complexity index is 1080. The first-order chi connectivity index (χ1) is 15.3. The molecular formula is C21H25N5O6. The van der Waals surface area contributed by atoms with Gasteiger partial charge in [0.1, 0.15) is 30.8 Å². The largest absolute Gasteiger partial charge is 0.490 e. The maximum Gasteiger partial charge on any atom is 0.317 e. The fourth-order valence-electron chi connectivity index (χ4n) is 3.02. The lowest BCUT2D eigenvalue weighted by Gasteiger charge is -2.16. The molecule has 0 saturated carbocycles. The summed E-state index contributed by atoms with van der Waals surface area (Å²) >= 11 is 0. The highest BCUT2D eigenvalue weighted by Crippen LogP contribution is 2.30. The van der Waals surface area contributed by atoms with Gasteiger partial charge in [0.05, 0.1) is 7.11 Å². The Morgan fingerprint density at radius 3 is 2.53 bits per heavy atom. The number of amides is 1. The monoisotopic (exact) mass is 443 g/mol. The Morgan fingerprint density at radius 1 is 1.16 bits per heavy atom. The zero-order valence-corrected chi connectivity index (χ0v) is 18.2. The van der Waals surface area contributed by atoms with Gasteiger partial charge in [0.25, 0.3) is 5.89 Å². The second-order valence-electron chi connectivity index (χ2n) is 7.17. The van der Waals surface area contributed by atoms with Crippen LogP contribution in [0.2, 0.25) is 0 Å². The first-order valence-corrected chi connectivity index (χ1v) is 9.84. The molecule has 1 atom stereocenters. The van der Waals surface area contributed by atoms with Crippen molar-refractivity contribution >= 4 is 5.91 Å². The van der Waals surface area contributed by atoms with Gasteiger partial charge in [-0.2, -0.15) is 9.97 Å². The molecule has 170 valence electrons. The van der Waals surface area contributed by atoms with Crippen LogP contribution in [0.4, 0.5) is 0 Å². The topological polar surface area (TPSA) is 153 Å². The van der Waals surface area contributed by atoms with E-state index >= 15 is 0 Å². The van der Waals surface area contributed by atoms with Crippen LogP contribution in [0.3, 0.4) is 0 Å². The van der Waals surface area contributed by atoms with E-state index in [2.05, 4.69) is 25.4 Å². The Kier molecular flexibility index (Phi) is 7.33. The number of carbonyl (C=O) groups excluding carboxylic acids is 1. The van der Waals surface area contributed by atoms with Gasteiger partial charge >= 0.3 is 6.01 Å². The van der Waals surface area contributed by atoms with Crippen LogP contribution in [0.15, 0.2) is 22.7 Å². The molecule has 3 aromatic rings. The lowest BCUT2D eigenvalue weighted by atomic mass is 10.1. The minimum atomic E-state index is -0.919. The molecule has 3 N–H and O–H groups in total. The van der Waals surface area contributed by atoms with E-state index < -0.39 is 18.6 Å². The number of rotatable bonds is 9. The summed E-state index contributed by atoms with van der Waals surface area (Å²) in [6, 6.07) is 5.64. The number of methoxy groups -OCH3 is 1. The summed E-state index contributed by atoms with van der Waals surface area (Å²) < 4.78 is 16.2. The minimum absolute atomic E-state index is 0.0193. The van der Waals surface area contributed by atoms with Crippen LogP contribution in [0.5, 0.6) is 11.8 Å². The molecule has 1 unspecified atom stereocenters. The average Bonchev–Trinajstić information content (AvgIpc) is 3.26. The van der Waals surface area contributed by atoms with Crippen LogP contribution >= 0.6 is 0 Å². The van der Waals surface area contributed by atoms with Gasteiger partial charge in [0.15, 0.2) is 0 Å². The van der Waals surface area contributed by atoms with Crippen molar-refractivity contribution in [2.45, 2.75) is 26.9 Å². The van der Waals surface area contributed by atoms with Crippen molar-refractivity contribution in [1.29, 1.82) is 0 Å². The summed E-state index contributed by atoms with van der Waals surface area (Å²) in [4.78, 5) is 23.9. The van der Waals surface area contributed by atoms with Crippen molar-refractivity contribution in [3.05, 3.63) is 35.0 Å². The van der Waals surface area contributed by atoms with E-state index in [-0.39, 0.29) is 25.1 Å². The Hall–Kier alpha value is -3.57. The van der Waals surface area contributed by atoms with Crippen molar-refractivity contribution in [1.82, 2.24) is 25.4 Å². The molecule has 0 fully saturated rings. The molecule has 1 aromatic carbocycles. The van der Waals surface area contributed by atoms with Gasteiger partial charge in [-0.1, -0.05) is 5.16 Å². The minimum Gasteiger partial charge on any atom is -0.490 e. The van der Waals surface area contributed by atoms with E-state index in [9.17, 15) is 9.90 Å². The van der Waals surface area contributed by atoms with Crippen molar-refractivity contribution in [2.24, 2.45) is 0 Å². The number of nitrogens with one attached hydrogen (secondary N) is 1. The first-order valence-electron chi connectivity index (χ1n) is 9.84. The summed E-state index contributed by atoms with van der Waals surface area (Å²) in [5, 5.41) is 25.1. The SMILES string of the molecule is COc1nc(C)cc(-c2nc(-c3cc(C)c(OCC(O)CNC(=O)CO)c(C)c3)no2)n1. The molecule has 2 heterocycles. The predicted molar refractivity (Wildman–Crippen MR) is 113 cm³/mol. The van der Waals surface area contributed by atoms with Crippen LogP contribution in [0, 0.1) is 20.8 Å². The van der Waals surface area contributed by atoms with E-state index in [1.54, 1.807) is 6.07 Å². The smallest absolute Gasteiger partial charge is 0.317 e. The number of aromatic nitrogens is 4. The van der Waals surface area contributed by atoms with Crippen molar-refractivity contribution < 1.29 is 29.0 Å². The zero-order chi connectivity index (χ0) is 23.3. The van der Waals surface area contributed by atoms with Gasteiger partial charge in [0, 0.05) is 17.8 Å². The number of benzene rings is 1. The molecule has 1 amide bonds. The van der Waals surface area contributed by atoms with Gasteiger partial charge in [-0.3, -0.25) is 4.79 Å². The number of carbonyl (C=O) groups is 1. The molecule has 0 spiro atoms. The quantitative estimate of drug-likeness (QED) is 0.436. The summed E-state index contributed by atoms with van der Waals surface area (Å²) in [5.41, 5.74) is 3.53. The van der Waals surface area contributed by atoms with Gasteiger partial charge < -0.3 is 29.5 Å². The molecule has 0 saturated heterocycles. The molecule has 2 aromatic heterocycles. The summed E-state index contributed by atoms with van der Waals surface area (Å²) in [6.07, 6.45) is -0.919. The van der Waals surface area contributed by atoms with Crippen molar-refractivity contribution in [3.8, 4) is 34.7 Å². The van der Waals surface area contributed by atoms with Gasteiger partial charge in [-0.25, -0.2) is 4.98 Å². The van der Waals surface area contributed by atoms with Crippen LogP contribution in [0.25, 0.3) is 23.0 Å². The third-order valence-electron chi connectivity index (χ3n) is 4.48. The summed E-state index contributed by atoms with van der Waals surface area (Å²) in [5.74, 6) is 0.684. The van der Waals surface area contributed by atoms with Gasteiger partial charge in [-0.05, 0) is 50.1 Å². The zero-order valence-electron chi connectivity index (χ0n) is 18.2. The third kappa shape index (κ3) is 5.56. The second kappa shape index (κ2) is 10.2. The molecule has 32 heavy (non-hydrogen) atoms. The number of aliphatic hydroxyl groups excluding tert-OH is 2. The standard InChI is InChI=1S/C21H25N5O6/c1-11-5-14(6-12(2)18(11)31-10-15(28)8-22-17(29)9-27)19-25-20(32-26-19)16-7-13(3)23-21(24-16)30-4/h5-7,15,27-28H,8-10H2,1-4H3,(H,22,29). The van der Waals surface area contributed by atoms with E-state index in [0.717, 1.165) is 16.7 Å². The van der Waals surface area contributed by atoms with Crippen molar-refractivity contribution in [3.63, 3.8) is 0 Å². The highest BCUT2D eigenvalue weighted by Gasteiger charge is 2.17. The Labute approximate surface area is 184 Å². The average molecular weight is 443 g/mol. The molecule has 0 bridgehead atoms. The predicted octanol–water partition coefficient (Wildman–Crippen LogP) is 0.976. The lowest BCUT2D eigenvalue weighted by Crippen LogP contribution is -2.36. The fraction of sp³-hybridized carbons (Fsp3) is 0.381. The summed E-state index contributed by atoms with van der Waals surface area (Å²) in [6.45, 7) is 4.88. The maximum atomic E-state index is 11.1. The van der Waals surface area contributed by atoms with Crippen LogP contribution in [0.1, 0.15) is 16.8 Å². The Balaban J connectivity index is 1.74. The lowest BCUT2D eigenvalue weighted by molar-refractivity contribution is -0.124. The molecule has 11 heteroatoms. The van der Waals surface area contributed by atoms with Crippen LogP contribution < -0.4 is 14.8 Å². The molecule has 11 nitrogen and oxygen atoms in total. The molecule has 0 aliphatic carbocycles. The second-order valence-corrected chi connectivity index (χ2v) is 7.17. The molecule has 0 aliphatic rings. The third-order valence-corrected chi connectivity index (χ3v) is 4.48. The van der Waals surface area contributed by atoms with E-state index in [4.69, 9.17) is 19.1 Å². The summed E-state index contributed by atoms with van der Waals surface area (Å²) in [7, 11) is 1.48. The number of aliphatic hydroxyl groups is 2. The van der Waals surface area contributed by atoms with Crippen molar-refractivity contribution in [2.75, 3.05) is 26.9 Å².